The molecule has 1 aromatic carbocycles. The third-order valence-electron chi connectivity index (χ3n) is 4.92. The van der Waals surface area contributed by atoms with Crippen molar-refractivity contribution in [3.05, 3.63) is 35.9 Å². The number of hydrazine groups is 1. The van der Waals surface area contributed by atoms with Crippen molar-refractivity contribution in [2.75, 3.05) is 13.1 Å². The van der Waals surface area contributed by atoms with Gasteiger partial charge < -0.3 is 14.4 Å². The predicted octanol–water partition coefficient (Wildman–Crippen LogP) is 4.85. The van der Waals surface area contributed by atoms with E-state index in [0.717, 1.165) is 12.0 Å². The number of nitrogens with one attached hydrogen (secondary N) is 1. The van der Waals surface area contributed by atoms with Gasteiger partial charge in [-0.1, -0.05) is 44.2 Å². The summed E-state index contributed by atoms with van der Waals surface area (Å²) in [6.07, 6.45) is 1.20. The fraction of sp³-hybridized carbons (Fsp3) is 0.636. The number of nitrogens with zero attached hydrogens (tertiary/aromatic N) is 2. The van der Waals surface area contributed by atoms with E-state index in [4.69, 9.17) is 9.47 Å². The Morgan fingerprint density at radius 1 is 1.17 bits per heavy atom. The van der Waals surface area contributed by atoms with Gasteiger partial charge in [0.25, 0.3) is 0 Å². The molecule has 7 heteroatoms. The van der Waals surface area contributed by atoms with Gasteiger partial charge >= 0.3 is 12.2 Å². The van der Waals surface area contributed by atoms with E-state index in [0.29, 0.717) is 25.9 Å². The van der Waals surface area contributed by atoms with Crippen molar-refractivity contribution in [3.8, 4) is 0 Å². The molecule has 1 N–H and O–H groups in total. The molecule has 0 bridgehead atoms. The van der Waals surface area contributed by atoms with Crippen LogP contribution in [0, 0.1) is 0 Å². The van der Waals surface area contributed by atoms with Crippen LogP contribution in [0.4, 0.5) is 9.59 Å². The molecule has 2 heterocycles. The Labute approximate surface area is 174 Å². The van der Waals surface area contributed by atoms with E-state index in [-0.39, 0.29) is 18.2 Å². The van der Waals surface area contributed by atoms with Crippen LogP contribution in [-0.2, 0) is 9.47 Å². The van der Waals surface area contributed by atoms with Crippen LogP contribution in [0.3, 0.4) is 0 Å². The predicted molar refractivity (Wildman–Crippen MR) is 112 cm³/mol. The summed E-state index contributed by atoms with van der Waals surface area (Å²) in [4.78, 5) is 26.6. The molecule has 2 saturated heterocycles. The standard InChI is InChI=1S/C20H29N3O4.C2H6/c1-15(16-9-6-5-7-10-16)23-18(25)27-20(21-23)11-8-13-22(14-12-20)17(24)26-19(2,3)4;1-2/h5-7,9-10,15,21H,8,11-14H2,1-4H3;1-2H3. The Balaban J connectivity index is 0.00000145. The quantitative estimate of drug-likeness (QED) is 0.762. The average Bonchev–Trinajstić information content (AvgIpc) is 2.86. The van der Waals surface area contributed by atoms with Crippen LogP contribution in [0.5, 0.6) is 0 Å². The van der Waals surface area contributed by atoms with Gasteiger partial charge in [-0.05, 0) is 39.7 Å². The molecule has 1 aromatic rings. The number of hydrogen-bond donors (Lipinski definition) is 1. The van der Waals surface area contributed by atoms with E-state index >= 15 is 0 Å². The highest BCUT2D eigenvalue weighted by Crippen LogP contribution is 2.33. The highest BCUT2D eigenvalue weighted by Gasteiger charge is 2.47. The molecule has 162 valence electrons. The Hall–Kier alpha value is -2.28. The van der Waals surface area contributed by atoms with Gasteiger partial charge in [0.1, 0.15) is 5.60 Å². The molecule has 2 aliphatic heterocycles. The zero-order chi connectivity index (χ0) is 21.7. The van der Waals surface area contributed by atoms with E-state index in [1.807, 2.05) is 71.9 Å². The van der Waals surface area contributed by atoms with Gasteiger partial charge in [-0.15, -0.1) is 0 Å². The lowest BCUT2D eigenvalue weighted by Gasteiger charge is -2.29. The van der Waals surface area contributed by atoms with E-state index < -0.39 is 11.3 Å². The molecular weight excluding hydrogens is 370 g/mol. The molecule has 1 spiro atoms. The molecule has 2 aliphatic rings. The molecule has 0 radical (unpaired) electrons. The topological polar surface area (TPSA) is 71.1 Å². The molecule has 2 fully saturated rings. The van der Waals surface area contributed by atoms with Crippen LogP contribution < -0.4 is 5.43 Å². The normalized spacial score (nSPS) is 23.0. The van der Waals surface area contributed by atoms with E-state index in [2.05, 4.69) is 5.43 Å². The lowest BCUT2D eigenvalue weighted by atomic mass is 10.1. The summed E-state index contributed by atoms with van der Waals surface area (Å²) in [7, 11) is 0. The van der Waals surface area contributed by atoms with Gasteiger partial charge in [-0.2, -0.15) is 5.43 Å². The molecule has 0 aromatic heterocycles. The summed E-state index contributed by atoms with van der Waals surface area (Å²) >= 11 is 0. The van der Waals surface area contributed by atoms with Crippen LogP contribution in [-0.4, -0.2) is 46.5 Å². The van der Waals surface area contributed by atoms with Crippen molar-refractivity contribution >= 4 is 12.2 Å². The van der Waals surface area contributed by atoms with Gasteiger partial charge in [0.2, 0.25) is 0 Å². The minimum atomic E-state index is -0.767. The first-order valence-electron chi connectivity index (χ1n) is 10.5. The maximum atomic E-state index is 12.5. The highest BCUT2D eigenvalue weighted by atomic mass is 16.6. The maximum Gasteiger partial charge on any atom is 0.426 e. The van der Waals surface area contributed by atoms with Crippen LogP contribution in [0.1, 0.15) is 72.4 Å². The molecule has 2 atom stereocenters. The average molecular weight is 406 g/mol. The maximum absolute atomic E-state index is 12.5. The molecule has 0 saturated carbocycles. The molecule has 7 nitrogen and oxygen atoms in total. The Bertz CT molecular complexity index is 689. The molecule has 29 heavy (non-hydrogen) atoms. The number of benzene rings is 1. The van der Waals surface area contributed by atoms with E-state index in [1.165, 1.54) is 0 Å². The minimum Gasteiger partial charge on any atom is -0.444 e. The number of amides is 2. The second-order valence-electron chi connectivity index (χ2n) is 8.25. The third-order valence-corrected chi connectivity index (χ3v) is 4.92. The lowest BCUT2D eigenvalue weighted by Crippen LogP contribution is -2.48. The summed E-state index contributed by atoms with van der Waals surface area (Å²) in [5, 5.41) is 1.55. The third kappa shape index (κ3) is 5.85. The fourth-order valence-electron chi connectivity index (χ4n) is 3.47. The highest BCUT2D eigenvalue weighted by molar-refractivity contribution is 5.70. The van der Waals surface area contributed by atoms with Crippen molar-refractivity contribution in [1.29, 1.82) is 0 Å². The van der Waals surface area contributed by atoms with Gasteiger partial charge in [0, 0.05) is 25.9 Å². The number of hydrogen-bond acceptors (Lipinski definition) is 5. The number of ether oxygens (including phenoxy) is 2. The van der Waals surface area contributed by atoms with Gasteiger partial charge in [-0.25, -0.2) is 14.6 Å². The summed E-state index contributed by atoms with van der Waals surface area (Å²) in [5.41, 5.74) is 3.02. The first-order valence-corrected chi connectivity index (χ1v) is 10.5. The minimum absolute atomic E-state index is 0.150. The van der Waals surface area contributed by atoms with Crippen LogP contribution in [0.2, 0.25) is 0 Å². The first-order chi connectivity index (χ1) is 13.7. The monoisotopic (exact) mass is 405 g/mol. The van der Waals surface area contributed by atoms with Crippen molar-refractivity contribution in [2.45, 2.75) is 78.2 Å². The molecule has 0 aliphatic carbocycles. The first kappa shape index (κ1) is 23.0. The van der Waals surface area contributed by atoms with Gasteiger partial charge in [0.05, 0.1) is 6.04 Å². The number of likely N-dealkylation sites (tertiary alicyclic amines) is 1. The van der Waals surface area contributed by atoms with E-state index in [1.54, 1.807) is 9.91 Å². The lowest BCUT2D eigenvalue weighted by molar-refractivity contribution is 0.00729. The summed E-state index contributed by atoms with van der Waals surface area (Å²) in [5.74, 6) is 0. The van der Waals surface area contributed by atoms with Crippen molar-refractivity contribution in [1.82, 2.24) is 15.3 Å². The Morgan fingerprint density at radius 3 is 2.45 bits per heavy atom. The zero-order valence-electron chi connectivity index (χ0n) is 18.5. The molecule has 2 amide bonds. The van der Waals surface area contributed by atoms with Crippen molar-refractivity contribution in [3.63, 3.8) is 0 Å². The molecule has 2 unspecified atom stereocenters. The number of carbonyl (C=O) groups excluding carboxylic acids is 2. The molecule has 3 rings (SSSR count). The fourth-order valence-corrected chi connectivity index (χ4v) is 3.47. The van der Waals surface area contributed by atoms with Gasteiger partial charge in [0.15, 0.2) is 5.72 Å². The largest absolute Gasteiger partial charge is 0.444 e. The van der Waals surface area contributed by atoms with E-state index in [9.17, 15) is 9.59 Å². The summed E-state index contributed by atoms with van der Waals surface area (Å²) < 4.78 is 11.2. The van der Waals surface area contributed by atoms with Crippen LogP contribution in [0.25, 0.3) is 0 Å². The summed E-state index contributed by atoms with van der Waals surface area (Å²) in [6.45, 7) is 12.6. The Kier molecular flexibility index (Phi) is 7.52. The SMILES string of the molecule is CC.CC(c1ccccc1)N1NC2(CCCN(C(=O)OC(C)(C)C)CC2)OC1=O. The smallest absolute Gasteiger partial charge is 0.426 e. The summed E-state index contributed by atoms with van der Waals surface area (Å²) in [6, 6.07) is 9.68. The zero-order valence-corrected chi connectivity index (χ0v) is 18.5. The van der Waals surface area contributed by atoms with Crippen molar-refractivity contribution < 1.29 is 19.1 Å². The number of carbonyl (C=O) groups is 2. The second kappa shape index (κ2) is 9.48. The second-order valence-corrected chi connectivity index (χ2v) is 8.25. The number of rotatable bonds is 2. The Morgan fingerprint density at radius 2 is 1.83 bits per heavy atom. The van der Waals surface area contributed by atoms with Crippen LogP contribution >= 0.6 is 0 Å². The molecular formula is C22H35N3O4. The van der Waals surface area contributed by atoms with Crippen LogP contribution in [0.15, 0.2) is 30.3 Å². The van der Waals surface area contributed by atoms with Crippen molar-refractivity contribution in [2.24, 2.45) is 0 Å². The van der Waals surface area contributed by atoms with Gasteiger partial charge in [-0.3, -0.25) is 0 Å².